The number of amides is 1. The maximum absolute atomic E-state index is 12.4. The van der Waals surface area contributed by atoms with Gasteiger partial charge in [-0.1, -0.05) is 18.2 Å². The highest BCUT2D eigenvalue weighted by molar-refractivity contribution is 7.90. The number of carbonyl (C=O) groups is 1. The summed E-state index contributed by atoms with van der Waals surface area (Å²) in [5.74, 6) is 0.289. The number of sulfone groups is 1. The molecule has 3 aromatic rings. The van der Waals surface area contributed by atoms with Crippen LogP contribution in [0.5, 0.6) is 0 Å². The van der Waals surface area contributed by atoms with Crippen molar-refractivity contribution in [1.29, 1.82) is 0 Å². The summed E-state index contributed by atoms with van der Waals surface area (Å²) in [6, 6.07) is 13.2. The van der Waals surface area contributed by atoms with Gasteiger partial charge in [0.25, 0.3) is 5.91 Å². The van der Waals surface area contributed by atoms with Gasteiger partial charge in [-0.15, -0.1) is 0 Å². The summed E-state index contributed by atoms with van der Waals surface area (Å²) >= 11 is 0. The number of carbonyl (C=O) groups excluding carboxylic acids is 1. The fourth-order valence-corrected chi connectivity index (χ4v) is 3.06. The number of rotatable bonds is 4. The second-order valence-corrected chi connectivity index (χ2v) is 7.65. The van der Waals surface area contributed by atoms with Gasteiger partial charge in [0, 0.05) is 11.8 Å². The minimum absolute atomic E-state index is 0.117. The van der Waals surface area contributed by atoms with Crippen LogP contribution in [0.25, 0.3) is 11.0 Å². The Hall–Kier alpha value is -2.67. The van der Waals surface area contributed by atoms with Crippen LogP contribution < -0.4 is 5.32 Å². The Kier molecular flexibility index (Phi) is 4.11. The molecule has 0 fully saturated rings. The van der Waals surface area contributed by atoms with E-state index in [1.165, 1.54) is 12.1 Å². The SMILES string of the molecule is CC(NC(=O)c1cccc(S(C)(=O)=O)c1)c1nc2ccccc2[nH]1. The molecule has 0 spiro atoms. The molecule has 0 radical (unpaired) electrons. The molecule has 0 aliphatic heterocycles. The van der Waals surface area contributed by atoms with Crippen molar-refractivity contribution in [2.24, 2.45) is 0 Å². The molecule has 0 aliphatic rings. The molecule has 1 aromatic heterocycles. The van der Waals surface area contributed by atoms with Crippen molar-refractivity contribution in [1.82, 2.24) is 15.3 Å². The van der Waals surface area contributed by atoms with Gasteiger partial charge in [-0.2, -0.15) is 0 Å². The Labute approximate surface area is 139 Å². The fraction of sp³-hybridized carbons (Fsp3) is 0.176. The van der Waals surface area contributed by atoms with Gasteiger partial charge in [0.15, 0.2) is 9.84 Å². The summed E-state index contributed by atoms with van der Waals surface area (Å²) < 4.78 is 23.2. The first kappa shape index (κ1) is 16.2. The molecule has 1 unspecified atom stereocenters. The Morgan fingerprint density at radius 1 is 1.17 bits per heavy atom. The van der Waals surface area contributed by atoms with E-state index in [1.807, 2.05) is 31.2 Å². The molecule has 0 aliphatic carbocycles. The molecule has 2 N–H and O–H groups in total. The summed E-state index contributed by atoms with van der Waals surface area (Å²) in [6.07, 6.45) is 1.11. The van der Waals surface area contributed by atoms with Crippen molar-refractivity contribution in [3.63, 3.8) is 0 Å². The maximum atomic E-state index is 12.4. The predicted octanol–water partition coefficient (Wildman–Crippen LogP) is 2.46. The van der Waals surface area contributed by atoms with E-state index in [4.69, 9.17) is 0 Å². The van der Waals surface area contributed by atoms with Crippen LogP contribution in [0.4, 0.5) is 0 Å². The lowest BCUT2D eigenvalue weighted by molar-refractivity contribution is 0.0938. The van der Waals surface area contributed by atoms with E-state index in [0.29, 0.717) is 11.4 Å². The van der Waals surface area contributed by atoms with Gasteiger partial charge >= 0.3 is 0 Å². The lowest BCUT2D eigenvalue weighted by Crippen LogP contribution is -2.27. The number of aromatic amines is 1. The lowest BCUT2D eigenvalue weighted by Gasteiger charge is -2.12. The third-order valence-electron chi connectivity index (χ3n) is 3.69. The fourth-order valence-electron chi connectivity index (χ4n) is 2.39. The molecule has 124 valence electrons. The van der Waals surface area contributed by atoms with Crippen LogP contribution in [0.1, 0.15) is 29.1 Å². The van der Waals surface area contributed by atoms with Crippen LogP contribution in [0.2, 0.25) is 0 Å². The zero-order valence-corrected chi connectivity index (χ0v) is 14.1. The first-order valence-electron chi connectivity index (χ1n) is 7.40. The lowest BCUT2D eigenvalue weighted by atomic mass is 10.2. The van der Waals surface area contributed by atoms with Crippen LogP contribution in [-0.2, 0) is 9.84 Å². The average molecular weight is 343 g/mol. The normalized spacial score (nSPS) is 12.9. The zero-order valence-electron chi connectivity index (χ0n) is 13.3. The van der Waals surface area contributed by atoms with Gasteiger partial charge < -0.3 is 10.3 Å². The molecule has 2 aromatic carbocycles. The van der Waals surface area contributed by atoms with E-state index < -0.39 is 9.84 Å². The first-order chi connectivity index (χ1) is 11.3. The summed E-state index contributed by atoms with van der Waals surface area (Å²) in [7, 11) is -3.36. The van der Waals surface area contributed by atoms with Crippen molar-refractivity contribution < 1.29 is 13.2 Å². The van der Waals surface area contributed by atoms with E-state index in [-0.39, 0.29) is 16.8 Å². The second kappa shape index (κ2) is 6.09. The second-order valence-electron chi connectivity index (χ2n) is 5.63. The molecule has 7 heteroatoms. The molecule has 1 amide bonds. The van der Waals surface area contributed by atoms with Crippen LogP contribution in [0, 0.1) is 0 Å². The van der Waals surface area contributed by atoms with Crippen LogP contribution in [-0.4, -0.2) is 30.5 Å². The van der Waals surface area contributed by atoms with Crippen molar-refractivity contribution >= 4 is 26.8 Å². The van der Waals surface area contributed by atoms with Crippen LogP contribution in [0.15, 0.2) is 53.4 Å². The highest BCUT2D eigenvalue weighted by atomic mass is 32.2. The monoisotopic (exact) mass is 343 g/mol. The van der Waals surface area contributed by atoms with Gasteiger partial charge in [0.1, 0.15) is 5.82 Å². The first-order valence-corrected chi connectivity index (χ1v) is 9.29. The largest absolute Gasteiger partial charge is 0.342 e. The maximum Gasteiger partial charge on any atom is 0.251 e. The molecule has 3 rings (SSSR count). The topological polar surface area (TPSA) is 91.9 Å². The quantitative estimate of drug-likeness (QED) is 0.761. The Morgan fingerprint density at radius 2 is 1.92 bits per heavy atom. The Bertz CT molecular complexity index is 976. The zero-order chi connectivity index (χ0) is 17.3. The van der Waals surface area contributed by atoms with Crippen molar-refractivity contribution in [2.75, 3.05) is 6.26 Å². The van der Waals surface area contributed by atoms with E-state index in [1.54, 1.807) is 12.1 Å². The molecule has 1 heterocycles. The predicted molar refractivity (Wildman–Crippen MR) is 91.5 cm³/mol. The summed E-state index contributed by atoms with van der Waals surface area (Å²) in [4.78, 5) is 20.1. The number of imidazole rings is 1. The van der Waals surface area contributed by atoms with Gasteiger partial charge in [0.05, 0.1) is 22.0 Å². The van der Waals surface area contributed by atoms with E-state index >= 15 is 0 Å². The summed E-state index contributed by atoms with van der Waals surface area (Å²) in [6.45, 7) is 1.82. The molecule has 0 saturated heterocycles. The van der Waals surface area contributed by atoms with Crippen LogP contribution in [0.3, 0.4) is 0 Å². The van der Waals surface area contributed by atoms with Crippen molar-refractivity contribution in [3.05, 3.63) is 59.9 Å². The number of para-hydroxylation sites is 2. The molecular weight excluding hydrogens is 326 g/mol. The number of hydrogen-bond acceptors (Lipinski definition) is 4. The minimum Gasteiger partial charge on any atom is -0.342 e. The highest BCUT2D eigenvalue weighted by Gasteiger charge is 2.16. The standard InChI is InChI=1S/C17H17N3O3S/c1-11(16-19-14-8-3-4-9-15(14)20-16)18-17(21)12-6-5-7-13(10-12)24(2,22)23/h3-11H,1-2H3,(H,18,21)(H,19,20). The Balaban J connectivity index is 1.81. The Morgan fingerprint density at radius 3 is 2.62 bits per heavy atom. The summed E-state index contributed by atoms with van der Waals surface area (Å²) in [5, 5.41) is 2.82. The number of H-pyrrole nitrogens is 1. The number of nitrogens with one attached hydrogen (secondary N) is 2. The molecule has 24 heavy (non-hydrogen) atoms. The average Bonchev–Trinajstić information content (AvgIpc) is 2.98. The van der Waals surface area contributed by atoms with Gasteiger partial charge in [-0.05, 0) is 37.3 Å². The van der Waals surface area contributed by atoms with Gasteiger partial charge in [0.2, 0.25) is 0 Å². The smallest absolute Gasteiger partial charge is 0.251 e. The van der Waals surface area contributed by atoms with Gasteiger partial charge in [-0.3, -0.25) is 4.79 Å². The summed E-state index contributed by atoms with van der Waals surface area (Å²) in [5.41, 5.74) is 2.02. The molecular formula is C17H17N3O3S. The number of benzene rings is 2. The van der Waals surface area contributed by atoms with Crippen molar-refractivity contribution in [2.45, 2.75) is 17.9 Å². The van der Waals surface area contributed by atoms with Gasteiger partial charge in [-0.25, -0.2) is 13.4 Å². The third kappa shape index (κ3) is 3.30. The minimum atomic E-state index is -3.36. The molecule has 0 bridgehead atoms. The molecule has 0 saturated carbocycles. The number of hydrogen-bond donors (Lipinski definition) is 2. The van der Waals surface area contributed by atoms with E-state index in [0.717, 1.165) is 17.3 Å². The van der Waals surface area contributed by atoms with Crippen LogP contribution >= 0.6 is 0 Å². The number of nitrogens with zero attached hydrogens (tertiary/aromatic N) is 1. The van der Waals surface area contributed by atoms with Crippen molar-refractivity contribution in [3.8, 4) is 0 Å². The number of aromatic nitrogens is 2. The third-order valence-corrected chi connectivity index (χ3v) is 4.80. The van der Waals surface area contributed by atoms with E-state index in [2.05, 4.69) is 15.3 Å². The molecule has 6 nitrogen and oxygen atoms in total. The number of fused-ring (bicyclic) bond motifs is 1. The highest BCUT2D eigenvalue weighted by Crippen LogP contribution is 2.17. The van der Waals surface area contributed by atoms with E-state index in [9.17, 15) is 13.2 Å². The molecule has 1 atom stereocenters.